The minimum absolute atomic E-state index is 0.0459. The lowest BCUT2D eigenvalue weighted by molar-refractivity contribution is -0.113. The van der Waals surface area contributed by atoms with Crippen molar-refractivity contribution in [2.45, 2.75) is 6.92 Å². The van der Waals surface area contributed by atoms with Gasteiger partial charge in [0.05, 0.1) is 6.61 Å². The maximum Gasteiger partial charge on any atom is 0.469 e. The number of hydrogen-bond acceptors (Lipinski definition) is 3. The van der Waals surface area contributed by atoms with Gasteiger partial charge in [0.1, 0.15) is 0 Å². The largest absolute Gasteiger partial charge is 0.469 e. The molecule has 0 aromatic rings. The molecule has 0 spiro atoms. The van der Waals surface area contributed by atoms with E-state index in [-0.39, 0.29) is 6.61 Å². The van der Waals surface area contributed by atoms with Gasteiger partial charge >= 0.3 is 7.82 Å². The smallest absolute Gasteiger partial charge is 0.366 e. The van der Waals surface area contributed by atoms with Crippen LogP contribution in [0, 0.1) is 0 Å². The molecule has 4 N–H and O–H groups in total. The van der Waals surface area contributed by atoms with Crippen molar-refractivity contribution in [3.05, 3.63) is 12.7 Å². The van der Waals surface area contributed by atoms with E-state index < -0.39 is 13.7 Å². The summed E-state index contributed by atoms with van der Waals surface area (Å²) < 4.78 is 13.6. The molecule has 0 radical (unpaired) electrons. The van der Waals surface area contributed by atoms with Crippen LogP contribution in [0.1, 0.15) is 6.92 Å². The third-order valence-electron chi connectivity index (χ3n) is 0.498. The van der Waals surface area contributed by atoms with E-state index in [2.05, 4.69) is 16.8 Å². The number of primary amides is 1. The molecule has 12 heavy (non-hydrogen) atoms. The molecule has 0 saturated heterocycles. The van der Waals surface area contributed by atoms with Crippen molar-refractivity contribution in [3.8, 4) is 0 Å². The molecule has 0 fully saturated rings. The average molecular weight is 197 g/mol. The molecule has 0 aliphatic carbocycles. The zero-order valence-electron chi connectivity index (χ0n) is 6.64. The Morgan fingerprint density at radius 3 is 2.08 bits per heavy atom. The molecule has 6 nitrogen and oxygen atoms in total. The molecule has 0 heterocycles. The number of hydrogen-bond donors (Lipinski definition) is 3. The van der Waals surface area contributed by atoms with Gasteiger partial charge in [0.2, 0.25) is 5.91 Å². The lowest BCUT2D eigenvalue weighted by Crippen LogP contribution is -2.04. The Bertz CT molecular complexity index is 186. The molecular formula is C5H12NO5P. The molecule has 0 saturated carbocycles. The summed E-state index contributed by atoms with van der Waals surface area (Å²) in [6.07, 6.45) is 1.06. The molecule has 0 rings (SSSR count). The first kappa shape index (κ1) is 13.9. The molecule has 0 aliphatic heterocycles. The van der Waals surface area contributed by atoms with Gasteiger partial charge in [0.25, 0.3) is 0 Å². The van der Waals surface area contributed by atoms with Gasteiger partial charge in [-0.1, -0.05) is 6.58 Å². The molecular weight excluding hydrogens is 185 g/mol. The number of phosphoric ester groups is 1. The van der Waals surface area contributed by atoms with Crippen LogP contribution in [0.15, 0.2) is 12.7 Å². The van der Waals surface area contributed by atoms with E-state index in [1.54, 1.807) is 0 Å². The minimum atomic E-state index is -4.17. The van der Waals surface area contributed by atoms with Crippen molar-refractivity contribution in [1.29, 1.82) is 0 Å². The van der Waals surface area contributed by atoms with Crippen molar-refractivity contribution in [2.75, 3.05) is 6.61 Å². The van der Waals surface area contributed by atoms with E-state index in [1.165, 1.54) is 6.92 Å². The highest BCUT2D eigenvalue weighted by Crippen LogP contribution is 2.34. The summed E-state index contributed by atoms with van der Waals surface area (Å²) in [6, 6.07) is 0. The third kappa shape index (κ3) is 22.8. The van der Waals surface area contributed by atoms with Crippen molar-refractivity contribution in [3.63, 3.8) is 0 Å². The van der Waals surface area contributed by atoms with Crippen LogP contribution < -0.4 is 5.73 Å². The SMILES string of the molecule is C=CC(N)=O.CCOP(=O)(O)O. The fraction of sp³-hybridized carbons (Fsp3) is 0.400. The molecule has 0 aromatic heterocycles. The van der Waals surface area contributed by atoms with Crippen molar-refractivity contribution in [1.82, 2.24) is 0 Å². The van der Waals surface area contributed by atoms with Gasteiger partial charge < -0.3 is 15.5 Å². The zero-order valence-corrected chi connectivity index (χ0v) is 7.53. The topological polar surface area (TPSA) is 110 Å². The van der Waals surface area contributed by atoms with Gasteiger partial charge in [-0.3, -0.25) is 9.32 Å². The number of rotatable bonds is 3. The molecule has 0 atom stereocenters. The van der Waals surface area contributed by atoms with Crippen LogP contribution in [-0.2, 0) is 13.9 Å². The Kier molecular flexibility index (Phi) is 8.09. The normalized spacial score (nSPS) is 9.58. The minimum Gasteiger partial charge on any atom is -0.366 e. The van der Waals surface area contributed by atoms with E-state index >= 15 is 0 Å². The predicted molar refractivity (Wildman–Crippen MR) is 43.1 cm³/mol. The van der Waals surface area contributed by atoms with Gasteiger partial charge in [-0.15, -0.1) is 0 Å². The van der Waals surface area contributed by atoms with Crippen LogP contribution in [-0.4, -0.2) is 22.3 Å². The Morgan fingerprint density at radius 2 is 2.08 bits per heavy atom. The summed E-state index contributed by atoms with van der Waals surface area (Å²) >= 11 is 0. The van der Waals surface area contributed by atoms with Crippen LogP contribution >= 0.6 is 7.82 Å². The van der Waals surface area contributed by atoms with Gasteiger partial charge in [0.15, 0.2) is 0 Å². The van der Waals surface area contributed by atoms with Crippen molar-refractivity contribution < 1.29 is 23.7 Å². The van der Waals surface area contributed by atoms with E-state index in [9.17, 15) is 9.36 Å². The number of carbonyl (C=O) groups excluding carboxylic acids is 1. The summed E-state index contributed by atoms with van der Waals surface area (Å²) in [6.45, 7) is 4.64. The Hall–Kier alpha value is -0.680. The number of carbonyl (C=O) groups is 1. The van der Waals surface area contributed by atoms with Gasteiger partial charge in [-0.2, -0.15) is 0 Å². The van der Waals surface area contributed by atoms with Crippen LogP contribution in [0.3, 0.4) is 0 Å². The second kappa shape index (κ2) is 7.00. The molecule has 0 aliphatic rings. The van der Waals surface area contributed by atoms with Crippen LogP contribution in [0.25, 0.3) is 0 Å². The number of phosphoric acid groups is 1. The first-order valence-corrected chi connectivity index (χ1v) is 4.48. The van der Waals surface area contributed by atoms with E-state index in [0.29, 0.717) is 0 Å². The predicted octanol–water partition coefficient (Wildman–Crippen LogP) is -0.227. The molecule has 1 amide bonds. The van der Waals surface area contributed by atoms with E-state index in [4.69, 9.17) is 9.79 Å². The first-order valence-electron chi connectivity index (χ1n) is 2.95. The molecule has 72 valence electrons. The van der Waals surface area contributed by atoms with Crippen LogP contribution in [0.5, 0.6) is 0 Å². The van der Waals surface area contributed by atoms with Crippen molar-refractivity contribution in [2.24, 2.45) is 5.73 Å². The standard InChI is InChI=1S/C3H5NO.C2H7O4P/c1-2-3(4)5;1-2-6-7(3,4)5/h2H,1H2,(H2,4,5);2H2,1H3,(H2,3,4,5). The highest BCUT2D eigenvalue weighted by Gasteiger charge is 2.10. The van der Waals surface area contributed by atoms with E-state index in [1.807, 2.05) is 0 Å². The Labute approximate surface area is 70.3 Å². The second-order valence-electron chi connectivity index (χ2n) is 1.51. The average Bonchev–Trinajstić information content (AvgIpc) is 1.86. The molecule has 0 aromatic carbocycles. The molecule has 0 bridgehead atoms. The fourth-order valence-electron chi connectivity index (χ4n) is 0.168. The number of amides is 1. The monoisotopic (exact) mass is 197 g/mol. The fourth-order valence-corrected chi connectivity index (χ4v) is 0.505. The lowest BCUT2D eigenvalue weighted by atomic mass is 10.6. The van der Waals surface area contributed by atoms with Crippen LogP contribution in [0.4, 0.5) is 0 Å². The highest BCUT2D eigenvalue weighted by atomic mass is 31.2. The van der Waals surface area contributed by atoms with Gasteiger partial charge in [0, 0.05) is 0 Å². The lowest BCUT2D eigenvalue weighted by Gasteiger charge is -1.98. The van der Waals surface area contributed by atoms with Gasteiger partial charge in [-0.25, -0.2) is 4.57 Å². The molecule has 7 heteroatoms. The summed E-state index contributed by atoms with van der Waals surface area (Å²) in [5, 5.41) is 0. The number of nitrogens with two attached hydrogens (primary N) is 1. The summed E-state index contributed by atoms with van der Waals surface area (Å²) in [5.74, 6) is -0.481. The second-order valence-corrected chi connectivity index (χ2v) is 2.75. The molecule has 0 unspecified atom stereocenters. The summed E-state index contributed by atoms with van der Waals surface area (Å²) in [5.41, 5.74) is 4.53. The van der Waals surface area contributed by atoms with Crippen LogP contribution in [0.2, 0.25) is 0 Å². The zero-order chi connectivity index (χ0) is 10.2. The summed E-state index contributed by atoms with van der Waals surface area (Å²) in [7, 11) is -4.17. The quantitative estimate of drug-likeness (QED) is 0.427. The summed E-state index contributed by atoms with van der Waals surface area (Å²) in [4.78, 5) is 25.3. The third-order valence-corrected chi connectivity index (χ3v) is 1.09. The Morgan fingerprint density at radius 1 is 1.75 bits per heavy atom. The Balaban J connectivity index is 0. The van der Waals surface area contributed by atoms with Crippen molar-refractivity contribution >= 4 is 13.7 Å². The highest BCUT2D eigenvalue weighted by molar-refractivity contribution is 7.46. The maximum absolute atomic E-state index is 9.70. The van der Waals surface area contributed by atoms with E-state index in [0.717, 1.165) is 6.08 Å². The van der Waals surface area contributed by atoms with Gasteiger partial charge in [-0.05, 0) is 13.0 Å². The maximum atomic E-state index is 9.70. The first-order chi connectivity index (χ1) is 5.33.